The summed E-state index contributed by atoms with van der Waals surface area (Å²) >= 11 is 0. The summed E-state index contributed by atoms with van der Waals surface area (Å²) in [5.74, 6) is -11.4. The number of amides is 12. The van der Waals surface area contributed by atoms with Crippen molar-refractivity contribution in [1.82, 2.24) is 58.5 Å². The highest BCUT2D eigenvalue weighted by molar-refractivity contribution is 5.98. The van der Waals surface area contributed by atoms with Crippen molar-refractivity contribution < 1.29 is 67.4 Å². The Labute approximate surface area is 451 Å². The number of nitrogens with one attached hydrogen (secondary N) is 11. The van der Waals surface area contributed by atoms with Gasteiger partial charge in [0.15, 0.2) is 0 Å². The van der Waals surface area contributed by atoms with E-state index in [9.17, 15) is 67.4 Å². The molecule has 0 spiro atoms. The Balaban J connectivity index is 5.78. The first-order valence-electron chi connectivity index (χ1n) is 26.1. The molecule has 0 aliphatic carbocycles. The van der Waals surface area contributed by atoms with Crippen LogP contribution < -0.4 is 70.0 Å². The number of hydrogen-bond acceptors (Lipinski definition) is 14. The standard InChI is InChI=1S/C50H89N13O14/c1-25(2)13-31(44(52)71)57-41(67)23-55-45(72)32(14-26(3)4)59-40(66)22-53-39(65)21-54-46(73)33(15-27(5)6)61-49(76)35(17-29(9)10)60-42(68)24-56-47(74)37(19-43(69)70)63-50(77)36(18-30(11)12)62-48(75)34(16-28(7)8)58-38(64)20-51/h25-37H,13-24,51H2,1-12H3,(H2,52,71)(H,53,65)(H,54,73)(H,55,72)(H,56,74)(H,57,67)(H,58,64)(H,59,66)(H,60,68)(H,61,76)(H,62,75)(H,63,77)(H,69,70)/t31-,32-,33-,34-,35-,36-,37-/m0/s1. The summed E-state index contributed by atoms with van der Waals surface area (Å²) in [6.07, 6.45) is -0.0278. The number of hydrogen-bond donors (Lipinski definition) is 14. The Morgan fingerprint density at radius 1 is 0.325 bits per heavy atom. The summed E-state index contributed by atoms with van der Waals surface area (Å²) in [6.45, 7) is 18.7. The van der Waals surface area contributed by atoms with Gasteiger partial charge < -0.3 is 75.1 Å². The molecule has 0 saturated carbocycles. The summed E-state index contributed by atoms with van der Waals surface area (Å²) in [7, 11) is 0. The topological polar surface area (TPSA) is 427 Å². The smallest absolute Gasteiger partial charge is 0.305 e. The minimum absolute atomic E-state index is 0.0478. The lowest BCUT2D eigenvalue weighted by molar-refractivity contribution is -0.141. The van der Waals surface area contributed by atoms with E-state index in [1.807, 2.05) is 27.7 Å². The fourth-order valence-electron chi connectivity index (χ4n) is 7.54. The van der Waals surface area contributed by atoms with E-state index in [4.69, 9.17) is 11.5 Å². The Morgan fingerprint density at radius 3 is 0.896 bits per heavy atom. The van der Waals surface area contributed by atoms with E-state index in [-0.39, 0.29) is 74.2 Å². The van der Waals surface area contributed by atoms with Crippen molar-refractivity contribution in [3.63, 3.8) is 0 Å². The van der Waals surface area contributed by atoms with Crippen LogP contribution in [-0.4, -0.2) is 157 Å². The van der Waals surface area contributed by atoms with Crippen molar-refractivity contribution in [2.24, 2.45) is 47.0 Å². The van der Waals surface area contributed by atoms with Gasteiger partial charge in [0.2, 0.25) is 70.9 Å². The lowest BCUT2D eigenvalue weighted by Gasteiger charge is -2.26. The molecule has 0 fully saturated rings. The molecule has 77 heavy (non-hydrogen) atoms. The first-order valence-corrected chi connectivity index (χ1v) is 26.1. The highest BCUT2D eigenvalue weighted by atomic mass is 16.4. The van der Waals surface area contributed by atoms with Crippen LogP contribution in [0.15, 0.2) is 0 Å². The summed E-state index contributed by atoms with van der Waals surface area (Å²) < 4.78 is 0. The van der Waals surface area contributed by atoms with Crippen LogP contribution in [-0.2, 0) is 62.3 Å². The number of carboxylic acid groups (broad SMARTS) is 1. The highest BCUT2D eigenvalue weighted by Gasteiger charge is 2.33. The average Bonchev–Trinajstić information content (AvgIpc) is 3.30. The van der Waals surface area contributed by atoms with Crippen LogP contribution >= 0.6 is 0 Å². The van der Waals surface area contributed by atoms with Crippen molar-refractivity contribution in [2.75, 3.05) is 32.7 Å². The maximum absolute atomic E-state index is 13.7. The molecule has 0 aromatic rings. The zero-order valence-corrected chi connectivity index (χ0v) is 46.9. The van der Waals surface area contributed by atoms with E-state index < -0.39 is 152 Å². The van der Waals surface area contributed by atoms with E-state index >= 15 is 0 Å². The van der Waals surface area contributed by atoms with Gasteiger partial charge in [-0.25, -0.2) is 0 Å². The second-order valence-corrected chi connectivity index (χ2v) is 21.6. The Bertz CT molecular complexity index is 2030. The number of primary amides is 1. The lowest BCUT2D eigenvalue weighted by atomic mass is 9.99. The Kier molecular flexibility index (Phi) is 32.9. The maximum Gasteiger partial charge on any atom is 0.305 e. The van der Waals surface area contributed by atoms with E-state index in [1.54, 1.807) is 55.4 Å². The quantitative estimate of drug-likeness (QED) is 0.0296. The molecule has 0 aromatic carbocycles. The molecule has 0 saturated heterocycles. The summed E-state index contributed by atoms with van der Waals surface area (Å²) in [5.41, 5.74) is 10.8. The summed E-state index contributed by atoms with van der Waals surface area (Å²) in [6, 6.07) is -8.53. The number of rotatable bonds is 37. The number of nitrogens with two attached hydrogens (primary N) is 2. The maximum atomic E-state index is 13.7. The van der Waals surface area contributed by atoms with Crippen molar-refractivity contribution in [2.45, 2.75) is 170 Å². The van der Waals surface area contributed by atoms with E-state index in [0.29, 0.717) is 6.42 Å². The third-order valence-electron chi connectivity index (χ3n) is 11.1. The van der Waals surface area contributed by atoms with Gasteiger partial charge in [0, 0.05) is 0 Å². The molecule has 0 aliphatic rings. The predicted molar refractivity (Wildman–Crippen MR) is 283 cm³/mol. The molecular formula is C50H89N13O14. The second-order valence-electron chi connectivity index (χ2n) is 21.6. The summed E-state index contributed by atoms with van der Waals surface area (Å²) in [4.78, 5) is 167. The molecule has 16 N–H and O–H groups in total. The molecule has 438 valence electrons. The van der Waals surface area contributed by atoms with Crippen LogP contribution in [0.5, 0.6) is 0 Å². The van der Waals surface area contributed by atoms with E-state index in [0.717, 1.165) is 0 Å². The van der Waals surface area contributed by atoms with Crippen LogP contribution in [0.25, 0.3) is 0 Å². The van der Waals surface area contributed by atoms with E-state index in [1.165, 1.54) is 0 Å². The molecule has 27 heteroatoms. The van der Waals surface area contributed by atoms with Crippen molar-refractivity contribution in [3.05, 3.63) is 0 Å². The molecule has 0 aliphatic heterocycles. The fraction of sp³-hybridized carbons (Fsp3) is 0.740. The average molecular weight is 1100 g/mol. The molecule has 27 nitrogen and oxygen atoms in total. The number of carbonyl (C=O) groups is 13. The Hall–Kier alpha value is -6.93. The highest BCUT2D eigenvalue weighted by Crippen LogP contribution is 2.12. The SMILES string of the molecule is CC(C)C[C@H](NC(=O)CNC(=O)[C@H](CC(C)C)NC(=O)CNC(=O)CNC(=O)[C@H](CC(C)C)NC(=O)[C@H](CC(C)C)NC(=O)CNC(=O)[C@H](CC(=O)O)NC(=O)[C@H](CC(C)C)NC(=O)[C@H](CC(C)C)NC(=O)CN)C(N)=O. The molecule has 0 heterocycles. The zero-order valence-electron chi connectivity index (χ0n) is 46.9. The zero-order chi connectivity index (χ0) is 59.3. The number of carbonyl (C=O) groups excluding carboxylic acids is 12. The van der Waals surface area contributed by atoms with Crippen LogP contribution in [0, 0.1) is 35.5 Å². The Morgan fingerprint density at radius 2 is 0.571 bits per heavy atom. The van der Waals surface area contributed by atoms with Crippen LogP contribution in [0.4, 0.5) is 0 Å². The minimum Gasteiger partial charge on any atom is -0.481 e. The van der Waals surface area contributed by atoms with Gasteiger partial charge in [0.25, 0.3) is 0 Å². The molecular weight excluding hydrogens is 1010 g/mol. The van der Waals surface area contributed by atoms with Crippen LogP contribution in [0.3, 0.4) is 0 Å². The van der Waals surface area contributed by atoms with Crippen LogP contribution in [0.1, 0.15) is 128 Å². The van der Waals surface area contributed by atoms with Gasteiger partial charge in [0.05, 0.1) is 39.1 Å². The molecule has 0 rings (SSSR count). The largest absolute Gasteiger partial charge is 0.481 e. The molecule has 7 atom stereocenters. The molecule has 0 bridgehead atoms. The van der Waals surface area contributed by atoms with Gasteiger partial charge in [-0.1, -0.05) is 83.1 Å². The first-order chi connectivity index (χ1) is 35.7. The van der Waals surface area contributed by atoms with Crippen molar-refractivity contribution >= 4 is 76.9 Å². The lowest BCUT2D eigenvalue weighted by Crippen LogP contribution is -2.58. The van der Waals surface area contributed by atoms with Gasteiger partial charge in [0.1, 0.15) is 42.3 Å². The van der Waals surface area contributed by atoms with Gasteiger partial charge in [-0.2, -0.15) is 0 Å². The molecule has 0 aromatic heterocycles. The van der Waals surface area contributed by atoms with Gasteiger partial charge in [-0.15, -0.1) is 0 Å². The molecule has 0 radical (unpaired) electrons. The van der Waals surface area contributed by atoms with Crippen molar-refractivity contribution in [3.8, 4) is 0 Å². The monoisotopic (exact) mass is 1100 g/mol. The molecule has 12 amide bonds. The van der Waals surface area contributed by atoms with Crippen LogP contribution in [0.2, 0.25) is 0 Å². The third-order valence-corrected chi connectivity index (χ3v) is 11.1. The van der Waals surface area contributed by atoms with Crippen molar-refractivity contribution in [1.29, 1.82) is 0 Å². The number of carboxylic acids is 1. The normalized spacial score (nSPS) is 14.0. The second kappa shape index (κ2) is 36.2. The van der Waals surface area contributed by atoms with Gasteiger partial charge in [-0.05, 0) is 74.0 Å². The summed E-state index contributed by atoms with van der Waals surface area (Å²) in [5, 5.41) is 36.6. The number of aliphatic carboxylic acids is 1. The third kappa shape index (κ3) is 31.7. The minimum atomic E-state index is -1.72. The first kappa shape index (κ1) is 70.1. The van der Waals surface area contributed by atoms with E-state index in [2.05, 4.69) is 58.5 Å². The predicted octanol–water partition coefficient (Wildman–Crippen LogP) is -2.96. The van der Waals surface area contributed by atoms with Gasteiger partial charge in [-0.3, -0.25) is 62.3 Å². The van der Waals surface area contributed by atoms with Gasteiger partial charge >= 0.3 is 5.97 Å². The molecule has 0 unspecified atom stereocenters. The fourth-order valence-corrected chi connectivity index (χ4v) is 7.54.